The number of morpholine rings is 2. The Morgan fingerprint density at radius 3 is 1.86 bits per heavy atom. The fourth-order valence-electron chi connectivity index (χ4n) is 9.53. The summed E-state index contributed by atoms with van der Waals surface area (Å²) in [6, 6.07) is 19.2. The third-order valence-electron chi connectivity index (χ3n) is 11.8. The summed E-state index contributed by atoms with van der Waals surface area (Å²) in [5.74, 6) is -0.785. The molecule has 0 spiro atoms. The van der Waals surface area contributed by atoms with Crippen LogP contribution in [-0.2, 0) is 34.0 Å². The fraction of sp³-hybridized carbons (Fsp3) is 0.588. The fourth-order valence-corrected chi connectivity index (χ4v) is 9.53. The summed E-state index contributed by atoms with van der Waals surface area (Å²) in [5.41, 5.74) is 1.70. The maximum absolute atomic E-state index is 14.5. The number of ether oxygens (including phenoxy) is 4. The first-order valence-corrected chi connectivity index (χ1v) is 15.8. The molecule has 0 amide bonds. The molecular formula is C34H38N2O6. The van der Waals surface area contributed by atoms with Gasteiger partial charge in [0.15, 0.2) is 0 Å². The highest BCUT2D eigenvalue weighted by atomic mass is 16.6. The van der Waals surface area contributed by atoms with Crippen LogP contribution in [0.15, 0.2) is 54.6 Å². The van der Waals surface area contributed by atoms with E-state index in [1.807, 2.05) is 54.6 Å². The molecular weight excluding hydrogens is 532 g/mol. The van der Waals surface area contributed by atoms with E-state index in [0.29, 0.717) is 49.2 Å². The lowest BCUT2D eigenvalue weighted by atomic mass is 9.63. The number of fused-ring (bicyclic) bond motifs is 11. The van der Waals surface area contributed by atoms with E-state index in [-0.39, 0.29) is 36.4 Å². The first-order valence-electron chi connectivity index (χ1n) is 15.8. The largest absolute Gasteiger partial charge is 0.462 e. The quantitative estimate of drug-likeness (QED) is 0.401. The normalized spacial score (nSPS) is 44.5. The molecule has 9 rings (SSSR count). The topological polar surface area (TPSA) is 84.1 Å². The Kier molecular flexibility index (Phi) is 5.58. The number of carbonyl (C=O) groups excluding carboxylic acids is 2. The van der Waals surface area contributed by atoms with Gasteiger partial charge in [-0.25, -0.2) is 0 Å². The maximum Gasteiger partial charge on any atom is 0.321 e. The Morgan fingerprint density at radius 2 is 1.26 bits per heavy atom. The Balaban J connectivity index is 1.00. The molecule has 4 bridgehead atoms. The van der Waals surface area contributed by atoms with Gasteiger partial charge in [-0.2, -0.15) is 0 Å². The van der Waals surface area contributed by atoms with Gasteiger partial charge in [0, 0.05) is 49.9 Å². The van der Waals surface area contributed by atoms with E-state index in [1.54, 1.807) is 0 Å². The second-order valence-corrected chi connectivity index (χ2v) is 13.7. The predicted octanol–water partition coefficient (Wildman–Crippen LogP) is 3.16. The van der Waals surface area contributed by atoms with Crippen LogP contribution in [0.3, 0.4) is 0 Å². The molecule has 6 saturated heterocycles. The van der Waals surface area contributed by atoms with Crippen LogP contribution >= 0.6 is 0 Å². The molecule has 0 saturated carbocycles. The van der Waals surface area contributed by atoms with Crippen LogP contribution in [0.25, 0.3) is 0 Å². The van der Waals surface area contributed by atoms with Gasteiger partial charge in [0.1, 0.15) is 42.0 Å². The molecule has 2 unspecified atom stereocenters. The zero-order valence-corrected chi connectivity index (χ0v) is 24.1. The van der Waals surface area contributed by atoms with Crippen molar-refractivity contribution in [1.29, 1.82) is 0 Å². The number of nitrogens with zero attached hydrogens (tertiary/aromatic N) is 2. The van der Waals surface area contributed by atoms with E-state index in [9.17, 15) is 9.59 Å². The Morgan fingerprint density at radius 1 is 0.738 bits per heavy atom. The first-order chi connectivity index (χ1) is 20.4. The summed E-state index contributed by atoms with van der Waals surface area (Å²) in [5, 5.41) is 0. The highest BCUT2D eigenvalue weighted by molar-refractivity contribution is 5.91. The minimum atomic E-state index is -0.971. The molecule has 6 fully saturated rings. The lowest BCUT2D eigenvalue weighted by Gasteiger charge is -2.43. The molecule has 8 heteroatoms. The highest BCUT2D eigenvalue weighted by Gasteiger charge is 2.64. The van der Waals surface area contributed by atoms with Crippen molar-refractivity contribution in [3.05, 3.63) is 71.3 Å². The molecule has 12 atom stereocenters. The third kappa shape index (κ3) is 3.62. The van der Waals surface area contributed by atoms with Gasteiger partial charge in [-0.05, 0) is 43.6 Å². The number of piperidine rings is 2. The number of hydrogen-bond acceptors (Lipinski definition) is 8. The van der Waals surface area contributed by atoms with Crippen LogP contribution in [0.2, 0.25) is 0 Å². The molecule has 42 heavy (non-hydrogen) atoms. The minimum Gasteiger partial charge on any atom is -0.462 e. The number of benzene rings is 2. The van der Waals surface area contributed by atoms with Crippen molar-refractivity contribution in [3.63, 3.8) is 0 Å². The Labute approximate surface area is 246 Å². The number of epoxide rings is 2. The predicted molar refractivity (Wildman–Crippen MR) is 152 cm³/mol. The van der Waals surface area contributed by atoms with Crippen LogP contribution in [0, 0.1) is 0 Å². The van der Waals surface area contributed by atoms with Gasteiger partial charge >= 0.3 is 11.9 Å². The minimum absolute atomic E-state index is 0.0898. The maximum atomic E-state index is 14.5. The van der Waals surface area contributed by atoms with E-state index >= 15 is 0 Å². The third-order valence-corrected chi connectivity index (χ3v) is 11.8. The van der Waals surface area contributed by atoms with Gasteiger partial charge in [0.05, 0.1) is 5.92 Å². The number of esters is 2. The molecule has 8 nitrogen and oxygen atoms in total. The van der Waals surface area contributed by atoms with Crippen LogP contribution < -0.4 is 0 Å². The molecule has 0 aromatic heterocycles. The SMILES string of the molecule is CN1[C@@H]2CC(OC(=O)[C@@H]3CC[C@](C(=O)OC4C[C@@H]5[C@H]6O[C@H]6[C@H](C4)N5C)(c4ccccc4)c4ccccc43)C[C@H]1[C@@H]1O[C@@H]12. The second-order valence-electron chi connectivity index (χ2n) is 13.7. The van der Waals surface area contributed by atoms with E-state index < -0.39 is 11.3 Å². The van der Waals surface area contributed by atoms with E-state index in [1.165, 1.54) is 0 Å². The van der Waals surface area contributed by atoms with Crippen molar-refractivity contribution < 1.29 is 28.5 Å². The van der Waals surface area contributed by atoms with Crippen LogP contribution in [-0.4, -0.2) is 96.6 Å². The van der Waals surface area contributed by atoms with Crippen molar-refractivity contribution in [3.8, 4) is 0 Å². The summed E-state index contributed by atoms with van der Waals surface area (Å²) < 4.78 is 24.4. The molecule has 220 valence electrons. The lowest BCUT2D eigenvalue weighted by molar-refractivity contribution is -0.162. The molecule has 0 radical (unpaired) electrons. The smallest absolute Gasteiger partial charge is 0.321 e. The molecule has 6 heterocycles. The summed E-state index contributed by atoms with van der Waals surface area (Å²) >= 11 is 0. The standard InChI is InChI=1S/C34H38N2O6/c1-35-24-14-19(15-25(35)29-28(24)41-29)39-32(37)22-12-13-34(18-8-4-3-5-9-18,23-11-7-6-10-21(22)23)33(38)40-20-16-26-30-31(42-30)27(17-20)36(26)2/h3-11,19-20,22,24-31H,12-17H2,1-2H3/t19?,20?,22-,24-,25+,26-,27+,28-,29+,30-,31+,34+/m1/s1. The summed E-state index contributed by atoms with van der Waals surface area (Å²) in [6.07, 6.45) is 5.21. The first kappa shape index (κ1) is 25.7. The lowest BCUT2D eigenvalue weighted by Crippen LogP contribution is -2.50. The molecule has 6 aliphatic heterocycles. The van der Waals surface area contributed by atoms with Gasteiger partial charge in [0.2, 0.25) is 0 Å². The molecule has 2 aromatic rings. The number of carbonyl (C=O) groups is 2. The second kappa shape index (κ2) is 9.11. The van der Waals surface area contributed by atoms with Crippen LogP contribution in [0.1, 0.15) is 61.1 Å². The van der Waals surface area contributed by atoms with Crippen molar-refractivity contribution >= 4 is 11.9 Å². The Bertz CT molecular complexity index is 1400. The van der Waals surface area contributed by atoms with Crippen LogP contribution in [0.5, 0.6) is 0 Å². The van der Waals surface area contributed by atoms with Gasteiger partial charge in [-0.1, -0.05) is 54.6 Å². The summed E-state index contributed by atoms with van der Waals surface area (Å²) in [4.78, 5) is 33.1. The monoisotopic (exact) mass is 570 g/mol. The van der Waals surface area contributed by atoms with Gasteiger partial charge < -0.3 is 18.9 Å². The van der Waals surface area contributed by atoms with Gasteiger partial charge in [-0.15, -0.1) is 0 Å². The highest BCUT2D eigenvalue weighted by Crippen LogP contribution is 2.52. The van der Waals surface area contributed by atoms with Crippen LogP contribution in [0.4, 0.5) is 0 Å². The molecule has 7 aliphatic rings. The van der Waals surface area contributed by atoms with Gasteiger partial charge in [-0.3, -0.25) is 19.4 Å². The van der Waals surface area contributed by atoms with E-state index in [2.05, 4.69) is 23.9 Å². The zero-order chi connectivity index (χ0) is 28.3. The number of hydrogen-bond donors (Lipinski definition) is 0. The van der Waals surface area contributed by atoms with Crippen molar-refractivity contribution in [2.45, 2.75) is 111 Å². The van der Waals surface area contributed by atoms with Crippen molar-refractivity contribution in [2.75, 3.05) is 14.1 Å². The van der Waals surface area contributed by atoms with Gasteiger partial charge in [0.25, 0.3) is 0 Å². The molecule has 0 N–H and O–H groups in total. The number of likely N-dealkylation sites (N-methyl/N-ethyl adjacent to an activating group) is 2. The van der Waals surface area contributed by atoms with Crippen molar-refractivity contribution in [2.24, 2.45) is 0 Å². The zero-order valence-electron chi connectivity index (χ0n) is 24.1. The summed E-state index contributed by atoms with van der Waals surface area (Å²) in [7, 11) is 4.33. The van der Waals surface area contributed by atoms with E-state index in [0.717, 1.165) is 42.4 Å². The Hall–Kier alpha value is -2.78. The molecule has 1 aliphatic carbocycles. The number of rotatable bonds is 5. The average molecular weight is 571 g/mol. The molecule has 2 aromatic carbocycles. The average Bonchev–Trinajstić information content (AvgIpc) is 3.91. The van der Waals surface area contributed by atoms with E-state index in [4.69, 9.17) is 18.9 Å². The van der Waals surface area contributed by atoms with Crippen molar-refractivity contribution in [1.82, 2.24) is 9.80 Å². The summed E-state index contributed by atoms with van der Waals surface area (Å²) in [6.45, 7) is 0.